The van der Waals surface area contributed by atoms with Crippen LogP contribution in [-0.4, -0.2) is 23.9 Å². The first-order chi connectivity index (χ1) is 9.09. The summed E-state index contributed by atoms with van der Waals surface area (Å²) in [6.45, 7) is 2.02. The Kier molecular flexibility index (Phi) is 5.03. The average molecular weight is 324 g/mol. The van der Waals surface area contributed by atoms with E-state index in [1.54, 1.807) is 0 Å². The van der Waals surface area contributed by atoms with Gasteiger partial charge in [-0.2, -0.15) is 0 Å². The number of carbonyl (C=O) groups excluding carboxylic acids is 1. The molecule has 0 atom stereocenters. The van der Waals surface area contributed by atoms with Crippen molar-refractivity contribution in [3.63, 3.8) is 0 Å². The Morgan fingerprint density at radius 2 is 1.84 bits per heavy atom. The van der Waals surface area contributed by atoms with Gasteiger partial charge in [-0.05, 0) is 43.5 Å². The second-order valence-corrected chi connectivity index (χ2v) is 6.38. The molecule has 1 aliphatic rings. The van der Waals surface area contributed by atoms with Crippen LogP contribution in [0.2, 0.25) is 0 Å². The van der Waals surface area contributed by atoms with Crippen LogP contribution in [-0.2, 0) is 0 Å². The molecule has 0 bridgehead atoms. The number of aryl methyl sites for hydroxylation is 1. The van der Waals surface area contributed by atoms with Crippen LogP contribution in [0, 0.1) is 6.92 Å². The summed E-state index contributed by atoms with van der Waals surface area (Å²) in [5.74, 6) is 0.155. The normalized spacial score (nSPS) is 17.0. The minimum atomic E-state index is 0.155. The van der Waals surface area contributed by atoms with Crippen LogP contribution in [0.5, 0.6) is 0 Å². The zero-order valence-corrected chi connectivity index (χ0v) is 13.4. The smallest absolute Gasteiger partial charge is 0.253 e. The molecule has 0 radical (unpaired) electrons. The van der Waals surface area contributed by atoms with E-state index in [0.29, 0.717) is 6.04 Å². The number of hydrogen-bond donors (Lipinski definition) is 0. The van der Waals surface area contributed by atoms with Gasteiger partial charge in [0, 0.05) is 23.1 Å². The van der Waals surface area contributed by atoms with Gasteiger partial charge in [0.1, 0.15) is 0 Å². The summed E-state index contributed by atoms with van der Waals surface area (Å²) in [5.41, 5.74) is 1.91. The van der Waals surface area contributed by atoms with Crippen molar-refractivity contribution in [1.82, 2.24) is 4.90 Å². The largest absolute Gasteiger partial charge is 0.339 e. The SMILES string of the molecule is Cc1cc(C(=O)N(C)C2CCCCCC2)ccc1Br. The summed E-state index contributed by atoms with van der Waals surface area (Å²) < 4.78 is 1.06. The molecule has 2 rings (SSSR count). The van der Waals surface area contributed by atoms with Gasteiger partial charge < -0.3 is 4.90 Å². The molecule has 1 amide bonds. The molecule has 1 aliphatic carbocycles. The number of nitrogens with zero attached hydrogens (tertiary/aromatic N) is 1. The molecule has 2 nitrogen and oxygen atoms in total. The standard InChI is InChI=1S/C16H22BrNO/c1-12-11-13(9-10-15(12)17)16(19)18(2)14-7-5-3-4-6-8-14/h9-11,14H,3-8H2,1-2H3. The minimum Gasteiger partial charge on any atom is -0.339 e. The van der Waals surface area contributed by atoms with Crippen LogP contribution in [0.3, 0.4) is 0 Å². The fraction of sp³-hybridized carbons (Fsp3) is 0.562. The lowest BCUT2D eigenvalue weighted by molar-refractivity contribution is 0.0717. The number of hydrogen-bond acceptors (Lipinski definition) is 1. The summed E-state index contributed by atoms with van der Waals surface area (Å²) in [7, 11) is 1.95. The molecular formula is C16H22BrNO. The Balaban J connectivity index is 2.10. The molecule has 1 fully saturated rings. The predicted molar refractivity (Wildman–Crippen MR) is 82.5 cm³/mol. The molecule has 0 aromatic heterocycles. The van der Waals surface area contributed by atoms with E-state index in [4.69, 9.17) is 0 Å². The molecule has 0 N–H and O–H groups in total. The molecule has 1 aromatic carbocycles. The Labute approximate surface area is 124 Å². The first-order valence-corrected chi connectivity index (χ1v) is 7.92. The van der Waals surface area contributed by atoms with Gasteiger partial charge in [0.15, 0.2) is 0 Å². The number of benzene rings is 1. The molecule has 0 saturated heterocycles. The summed E-state index contributed by atoms with van der Waals surface area (Å²) in [6.07, 6.45) is 7.44. The van der Waals surface area contributed by atoms with E-state index in [1.807, 2.05) is 37.1 Å². The van der Waals surface area contributed by atoms with Gasteiger partial charge in [0.2, 0.25) is 0 Å². The maximum atomic E-state index is 12.5. The number of rotatable bonds is 2. The fourth-order valence-corrected chi connectivity index (χ4v) is 3.04. The van der Waals surface area contributed by atoms with E-state index in [1.165, 1.54) is 25.7 Å². The van der Waals surface area contributed by atoms with Crippen molar-refractivity contribution in [2.75, 3.05) is 7.05 Å². The number of carbonyl (C=O) groups is 1. The first-order valence-electron chi connectivity index (χ1n) is 7.13. The van der Waals surface area contributed by atoms with Crippen molar-refractivity contribution in [3.05, 3.63) is 33.8 Å². The molecule has 1 aromatic rings. The van der Waals surface area contributed by atoms with Gasteiger partial charge in [-0.25, -0.2) is 0 Å². The highest BCUT2D eigenvalue weighted by atomic mass is 79.9. The van der Waals surface area contributed by atoms with Crippen molar-refractivity contribution in [2.24, 2.45) is 0 Å². The molecule has 0 aliphatic heterocycles. The van der Waals surface area contributed by atoms with E-state index in [-0.39, 0.29) is 5.91 Å². The summed E-state index contributed by atoms with van der Waals surface area (Å²) in [4.78, 5) is 14.5. The maximum Gasteiger partial charge on any atom is 0.253 e. The van der Waals surface area contributed by atoms with Gasteiger partial charge >= 0.3 is 0 Å². The first kappa shape index (κ1) is 14.6. The van der Waals surface area contributed by atoms with Crippen molar-refractivity contribution in [1.29, 1.82) is 0 Å². The van der Waals surface area contributed by atoms with E-state index in [9.17, 15) is 4.79 Å². The maximum absolute atomic E-state index is 12.5. The van der Waals surface area contributed by atoms with Crippen LogP contribution < -0.4 is 0 Å². The van der Waals surface area contributed by atoms with Crippen molar-refractivity contribution >= 4 is 21.8 Å². The van der Waals surface area contributed by atoms with Crippen molar-refractivity contribution in [2.45, 2.75) is 51.5 Å². The molecule has 19 heavy (non-hydrogen) atoms. The highest BCUT2D eigenvalue weighted by molar-refractivity contribution is 9.10. The zero-order chi connectivity index (χ0) is 13.8. The minimum absolute atomic E-state index is 0.155. The summed E-state index contributed by atoms with van der Waals surface area (Å²) >= 11 is 3.48. The molecular weight excluding hydrogens is 302 g/mol. The lowest BCUT2D eigenvalue weighted by atomic mass is 10.1. The molecule has 0 unspecified atom stereocenters. The Hall–Kier alpha value is -0.830. The second-order valence-electron chi connectivity index (χ2n) is 5.53. The van der Waals surface area contributed by atoms with E-state index >= 15 is 0 Å². The molecule has 1 saturated carbocycles. The quantitative estimate of drug-likeness (QED) is 0.731. The zero-order valence-electron chi connectivity index (χ0n) is 11.8. The van der Waals surface area contributed by atoms with Gasteiger partial charge in [-0.1, -0.05) is 41.6 Å². The second kappa shape index (κ2) is 6.56. The van der Waals surface area contributed by atoms with Gasteiger partial charge in [-0.3, -0.25) is 4.79 Å². The van der Waals surface area contributed by atoms with E-state index < -0.39 is 0 Å². The third kappa shape index (κ3) is 3.59. The van der Waals surface area contributed by atoms with Crippen LogP contribution in [0.4, 0.5) is 0 Å². The summed E-state index contributed by atoms with van der Waals surface area (Å²) in [5, 5.41) is 0. The van der Waals surface area contributed by atoms with Crippen molar-refractivity contribution in [3.8, 4) is 0 Å². The third-order valence-corrected chi connectivity index (χ3v) is 4.99. The number of halogens is 1. The molecule has 0 heterocycles. The van der Waals surface area contributed by atoms with Crippen LogP contribution in [0.15, 0.2) is 22.7 Å². The fourth-order valence-electron chi connectivity index (χ4n) is 2.79. The van der Waals surface area contributed by atoms with Gasteiger partial charge in [-0.15, -0.1) is 0 Å². The number of amides is 1. The molecule has 3 heteroatoms. The van der Waals surface area contributed by atoms with Crippen molar-refractivity contribution < 1.29 is 4.79 Å². The van der Waals surface area contributed by atoms with E-state index in [0.717, 1.165) is 28.4 Å². The van der Waals surface area contributed by atoms with Crippen LogP contribution >= 0.6 is 15.9 Å². The topological polar surface area (TPSA) is 20.3 Å². The molecule has 0 spiro atoms. The van der Waals surface area contributed by atoms with Crippen LogP contribution in [0.1, 0.15) is 54.4 Å². The lowest BCUT2D eigenvalue weighted by Crippen LogP contribution is -2.36. The van der Waals surface area contributed by atoms with Crippen LogP contribution in [0.25, 0.3) is 0 Å². The molecule has 104 valence electrons. The third-order valence-electron chi connectivity index (χ3n) is 4.10. The predicted octanol–water partition coefficient (Wildman–Crippen LogP) is 4.55. The average Bonchev–Trinajstić information content (AvgIpc) is 2.69. The van der Waals surface area contributed by atoms with Gasteiger partial charge in [0.25, 0.3) is 5.91 Å². The highest BCUT2D eigenvalue weighted by Crippen LogP contribution is 2.23. The summed E-state index contributed by atoms with van der Waals surface area (Å²) in [6, 6.07) is 6.26. The Morgan fingerprint density at radius 1 is 1.21 bits per heavy atom. The van der Waals surface area contributed by atoms with Gasteiger partial charge in [0.05, 0.1) is 0 Å². The highest BCUT2D eigenvalue weighted by Gasteiger charge is 2.22. The Bertz CT molecular complexity index is 450. The van der Waals surface area contributed by atoms with E-state index in [2.05, 4.69) is 15.9 Å². The Morgan fingerprint density at radius 3 is 2.42 bits per heavy atom. The lowest BCUT2D eigenvalue weighted by Gasteiger charge is -2.27. The monoisotopic (exact) mass is 323 g/mol.